The number of hydrogen-bond donors (Lipinski definition) is 1. The molecule has 4 heteroatoms. The summed E-state index contributed by atoms with van der Waals surface area (Å²) in [5, 5.41) is 4.45. The summed E-state index contributed by atoms with van der Waals surface area (Å²) in [6, 6.07) is 0. The van der Waals surface area contributed by atoms with Crippen LogP contribution in [0.15, 0.2) is 0 Å². The Bertz CT molecular complexity index is 286. The molecule has 16 heavy (non-hydrogen) atoms. The highest BCUT2D eigenvalue weighted by Crippen LogP contribution is 2.20. The number of hydrogen-bond acceptors (Lipinski definition) is 4. The van der Waals surface area contributed by atoms with Gasteiger partial charge < -0.3 is 10.2 Å². The van der Waals surface area contributed by atoms with E-state index in [1.807, 2.05) is 0 Å². The molecular weight excluding hydrogens is 218 g/mol. The lowest BCUT2D eigenvalue weighted by molar-refractivity contribution is 0.303. The first-order chi connectivity index (χ1) is 7.67. The predicted molar refractivity (Wildman–Crippen MR) is 72.5 cm³/mol. The Kier molecular flexibility index (Phi) is 5.77. The minimum atomic E-state index is 1.02. The van der Waals surface area contributed by atoms with Crippen LogP contribution in [-0.4, -0.2) is 36.1 Å². The Balaban J connectivity index is 2.20. The molecule has 0 aliphatic rings. The number of nitrogens with one attached hydrogen (secondary N) is 1. The van der Waals surface area contributed by atoms with Crippen molar-refractivity contribution in [1.29, 1.82) is 0 Å². The van der Waals surface area contributed by atoms with Crippen LogP contribution in [0.4, 0.5) is 5.13 Å². The summed E-state index contributed by atoms with van der Waals surface area (Å²) >= 11 is 1.75. The molecule has 0 saturated carbocycles. The van der Waals surface area contributed by atoms with Gasteiger partial charge in [0.15, 0.2) is 5.13 Å². The van der Waals surface area contributed by atoms with Gasteiger partial charge in [0.05, 0.1) is 5.69 Å². The third-order valence-electron chi connectivity index (χ3n) is 2.85. The monoisotopic (exact) mass is 241 g/mol. The maximum Gasteiger partial charge on any atom is 0.183 e. The minimum absolute atomic E-state index is 1.02. The Morgan fingerprint density at radius 2 is 1.94 bits per heavy atom. The fourth-order valence-corrected chi connectivity index (χ4v) is 2.43. The van der Waals surface area contributed by atoms with E-state index in [1.54, 1.807) is 11.3 Å². The first-order valence-corrected chi connectivity index (χ1v) is 6.89. The van der Waals surface area contributed by atoms with Gasteiger partial charge in [-0.05, 0) is 39.9 Å². The van der Waals surface area contributed by atoms with Crippen LogP contribution in [0.2, 0.25) is 0 Å². The van der Waals surface area contributed by atoms with E-state index >= 15 is 0 Å². The van der Waals surface area contributed by atoms with Gasteiger partial charge in [-0.25, -0.2) is 4.98 Å². The quantitative estimate of drug-likeness (QED) is 0.744. The molecule has 0 amide bonds. The Labute approximate surface area is 103 Å². The van der Waals surface area contributed by atoms with Crippen LogP contribution in [0.1, 0.15) is 30.8 Å². The van der Waals surface area contributed by atoms with Gasteiger partial charge in [-0.15, -0.1) is 11.3 Å². The van der Waals surface area contributed by atoms with E-state index in [0.29, 0.717) is 0 Å². The molecule has 0 fully saturated rings. The van der Waals surface area contributed by atoms with Crippen molar-refractivity contribution in [2.24, 2.45) is 0 Å². The summed E-state index contributed by atoms with van der Waals surface area (Å²) in [7, 11) is 0. The van der Waals surface area contributed by atoms with E-state index in [0.717, 1.165) is 30.5 Å². The highest BCUT2D eigenvalue weighted by Gasteiger charge is 2.02. The molecule has 0 radical (unpaired) electrons. The van der Waals surface area contributed by atoms with Crippen molar-refractivity contribution in [2.45, 2.75) is 34.1 Å². The molecule has 1 N–H and O–H groups in total. The van der Waals surface area contributed by atoms with Crippen LogP contribution >= 0.6 is 11.3 Å². The summed E-state index contributed by atoms with van der Waals surface area (Å²) in [6.07, 6.45) is 1.18. The van der Waals surface area contributed by atoms with Gasteiger partial charge in [0.1, 0.15) is 0 Å². The van der Waals surface area contributed by atoms with Crippen molar-refractivity contribution in [3.63, 3.8) is 0 Å². The Morgan fingerprint density at radius 1 is 1.25 bits per heavy atom. The van der Waals surface area contributed by atoms with Crippen molar-refractivity contribution in [3.05, 3.63) is 10.6 Å². The van der Waals surface area contributed by atoms with E-state index in [2.05, 4.69) is 42.9 Å². The molecule has 0 aromatic carbocycles. The second-order valence-electron chi connectivity index (χ2n) is 3.97. The molecule has 92 valence electrons. The minimum Gasteiger partial charge on any atom is -0.361 e. The van der Waals surface area contributed by atoms with Crippen molar-refractivity contribution >= 4 is 16.5 Å². The molecule has 3 nitrogen and oxygen atoms in total. The van der Waals surface area contributed by atoms with Gasteiger partial charge in [0, 0.05) is 11.4 Å². The Hall–Kier alpha value is -0.610. The third kappa shape index (κ3) is 4.10. The molecule has 0 unspecified atom stereocenters. The number of nitrogens with zero attached hydrogens (tertiary/aromatic N) is 2. The highest BCUT2D eigenvalue weighted by atomic mass is 32.1. The van der Waals surface area contributed by atoms with Crippen molar-refractivity contribution in [3.8, 4) is 0 Å². The molecule has 1 aromatic heterocycles. The van der Waals surface area contributed by atoms with E-state index in [4.69, 9.17) is 0 Å². The van der Waals surface area contributed by atoms with Gasteiger partial charge >= 0.3 is 0 Å². The van der Waals surface area contributed by atoms with Crippen molar-refractivity contribution in [2.75, 3.05) is 31.5 Å². The van der Waals surface area contributed by atoms with Crippen LogP contribution in [0, 0.1) is 13.8 Å². The molecule has 0 atom stereocenters. The van der Waals surface area contributed by atoms with Crippen LogP contribution in [0.5, 0.6) is 0 Å². The summed E-state index contributed by atoms with van der Waals surface area (Å²) < 4.78 is 0. The van der Waals surface area contributed by atoms with Crippen LogP contribution in [0.25, 0.3) is 0 Å². The van der Waals surface area contributed by atoms with Gasteiger partial charge in [-0.1, -0.05) is 13.8 Å². The van der Waals surface area contributed by atoms with Gasteiger partial charge in [0.2, 0.25) is 0 Å². The molecule has 1 aromatic rings. The lowest BCUT2D eigenvalue weighted by atomic mass is 10.3. The second-order valence-corrected chi connectivity index (χ2v) is 5.17. The van der Waals surface area contributed by atoms with E-state index in [9.17, 15) is 0 Å². The number of aryl methyl sites for hydroxylation is 2. The lowest BCUT2D eigenvalue weighted by Gasteiger charge is -2.17. The maximum absolute atomic E-state index is 4.46. The SMILES string of the molecule is CCN(CC)CCCNc1nc(C)c(C)s1. The van der Waals surface area contributed by atoms with E-state index in [-0.39, 0.29) is 0 Å². The zero-order valence-electron chi connectivity index (χ0n) is 10.8. The number of anilines is 1. The molecule has 1 rings (SSSR count). The maximum atomic E-state index is 4.46. The molecule has 0 spiro atoms. The van der Waals surface area contributed by atoms with Gasteiger partial charge in [-0.2, -0.15) is 0 Å². The smallest absolute Gasteiger partial charge is 0.183 e. The topological polar surface area (TPSA) is 28.2 Å². The summed E-state index contributed by atoms with van der Waals surface area (Å²) in [6.45, 7) is 13.1. The summed E-state index contributed by atoms with van der Waals surface area (Å²) in [4.78, 5) is 8.22. The van der Waals surface area contributed by atoms with E-state index in [1.165, 1.54) is 17.8 Å². The predicted octanol–water partition coefficient (Wildman–Crippen LogP) is 2.90. The molecule has 0 aliphatic heterocycles. The van der Waals surface area contributed by atoms with Crippen LogP contribution < -0.4 is 5.32 Å². The van der Waals surface area contributed by atoms with Crippen molar-refractivity contribution in [1.82, 2.24) is 9.88 Å². The van der Waals surface area contributed by atoms with Crippen molar-refractivity contribution < 1.29 is 0 Å². The zero-order chi connectivity index (χ0) is 12.0. The second kappa shape index (κ2) is 6.86. The molecular formula is C12H23N3S. The molecule has 0 aliphatic carbocycles. The molecule has 1 heterocycles. The first kappa shape index (κ1) is 13.5. The Morgan fingerprint density at radius 3 is 2.44 bits per heavy atom. The lowest BCUT2D eigenvalue weighted by Crippen LogP contribution is -2.25. The average molecular weight is 241 g/mol. The van der Waals surface area contributed by atoms with Gasteiger partial charge in [-0.3, -0.25) is 0 Å². The number of rotatable bonds is 7. The van der Waals surface area contributed by atoms with Gasteiger partial charge in [0.25, 0.3) is 0 Å². The zero-order valence-corrected chi connectivity index (χ0v) is 11.7. The highest BCUT2D eigenvalue weighted by molar-refractivity contribution is 7.15. The summed E-state index contributed by atoms with van der Waals surface area (Å²) in [5.74, 6) is 0. The standard InChI is InChI=1S/C12H23N3S/c1-5-15(6-2)9-7-8-13-12-14-10(3)11(4)16-12/h5-9H2,1-4H3,(H,13,14). The van der Waals surface area contributed by atoms with Crippen LogP contribution in [0.3, 0.4) is 0 Å². The average Bonchev–Trinajstić information content (AvgIpc) is 2.59. The number of aromatic nitrogens is 1. The van der Waals surface area contributed by atoms with E-state index < -0.39 is 0 Å². The third-order valence-corrected chi connectivity index (χ3v) is 3.88. The molecule has 0 saturated heterocycles. The largest absolute Gasteiger partial charge is 0.361 e. The number of thiazole rings is 1. The summed E-state index contributed by atoms with van der Waals surface area (Å²) in [5.41, 5.74) is 1.15. The fourth-order valence-electron chi connectivity index (χ4n) is 1.59. The molecule has 0 bridgehead atoms. The normalized spacial score (nSPS) is 11.1. The fraction of sp³-hybridized carbons (Fsp3) is 0.750. The van der Waals surface area contributed by atoms with Crippen LogP contribution in [-0.2, 0) is 0 Å². The first-order valence-electron chi connectivity index (χ1n) is 6.07.